The summed E-state index contributed by atoms with van der Waals surface area (Å²) in [6.07, 6.45) is 0.770. The minimum Gasteiger partial charge on any atom is -0.299 e. The van der Waals surface area contributed by atoms with Crippen LogP contribution in [0, 0.1) is 6.92 Å². The third-order valence-corrected chi connectivity index (χ3v) is 2.81. The number of hydrogen-bond acceptors (Lipinski definition) is 3. The van der Waals surface area contributed by atoms with Gasteiger partial charge in [0, 0.05) is 16.8 Å². The fourth-order valence-corrected chi connectivity index (χ4v) is 1.46. The van der Waals surface area contributed by atoms with Gasteiger partial charge in [0.05, 0.1) is 5.69 Å². The molecule has 0 aliphatic carbocycles. The fraction of sp³-hybridized carbons (Fsp3) is 0.333. The van der Waals surface area contributed by atoms with Crippen molar-refractivity contribution in [2.45, 2.75) is 6.92 Å². The molecule has 1 amide bonds. The Kier molecular flexibility index (Phi) is 4.41. The number of rotatable bonds is 4. The van der Waals surface area contributed by atoms with Crippen molar-refractivity contribution in [3.63, 3.8) is 0 Å². The van der Waals surface area contributed by atoms with Gasteiger partial charge in [0.2, 0.25) is 6.41 Å². The van der Waals surface area contributed by atoms with Crippen molar-refractivity contribution in [2.75, 3.05) is 17.2 Å². The number of nitrogens with zero attached hydrogens (tertiary/aromatic N) is 2. The zero-order valence-corrected chi connectivity index (χ0v) is 10.3. The number of aromatic nitrogens is 1. The molecular weight excluding hydrogens is 264 g/mol. The largest absolute Gasteiger partial charge is 0.299 e. The number of halogens is 1. The molecule has 76 valence electrons. The van der Waals surface area contributed by atoms with Gasteiger partial charge in [-0.2, -0.15) is 12.6 Å². The lowest BCUT2D eigenvalue weighted by Crippen LogP contribution is -2.24. The van der Waals surface area contributed by atoms with Crippen LogP contribution in [0.1, 0.15) is 5.69 Å². The second-order valence-electron chi connectivity index (χ2n) is 2.76. The molecule has 0 bridgehead atoms. The predicted molar refractivity (Wildman–Crippen MR) is 63.9 cm³/mol. The number of thiol groups is 1. The molecule has 0 saturated heterocycles. The van der Waals surface area contributed by atoms with Gasteiger partial charge in [-0.05, 0) is 35.0 Å². The molecule has 1 aromatic heterocycles. The van der Waals surface area contributed by atoms with Gasteiger partial charge in [-0.25, -0.2) is 4.98 Å². The average molecular weight is 275 g/mol. The van der Waals surface area contributed by atoms with Gasteiger partial charge in [-0.15, -0.1) is 0 Å². The molecule has 0 radical (unpaired) electrons. The highest BCUT2D eigenvalue weighted by Crippen LogP contribution is 2.18. The van der Waals surface area contributed by atoms with Crippen molar-refractivity contribution in [1.29, 1.82) is 0 Å². The molecule has 0 N–H and O–H groups in total. The Morgan fingerprint density at radius 3 is 2.86 bits per heavy atom. The average Bonchev–Trinajstić information content (AvgIpc) is 2.19. The number of aryl methyl sites for hydroxylation is 1. The van der Waals surface area contributed by atoms with E-state index in [0.29, 0.717) is 18.1 Å². The molecule has 0 aromatic carbocycles. The lowest BCUT2D eigenvalue weighted by Gasteiger charge is -2.15. The van der Waals surface area contributed by atoms with Crippen molar-refractivity contribution in [1.82, 2.24) is 4.98 Å². The smallest absolute Gasteiger partial charge is 0.215 e. The number of carbonyl (C=O) groups excluding carboxylic acids is 1. The first-order chi connectivity index (χ1) is 6.69. The topological polar surface area (TPSA) is 33.2 Å². The summed E-state index contributed by atoms with van der Waals surface area (Å²) in [5.41, 5.74) is 0.869. The van der Waals surface area contributed by atoms with Crippen LogP contribution in [0.25, 0.3) is 0 Å². The molecule has 0 unspecified atom stereocenters. The summed E-state index contributed by atoms with van der Waals surface area (Å²) < 4.78 is 0.943. The number of carbonyl (C=O) groups is 1. The maximum Gasteiger partial charge on any atom is 0.215 e. The van der Waals surface area contributed by atoms with Crippen LogP contribution in [-0.2, 0) is 4.79 Å². The Balaban J connectivity index is 2.93. The normalized spacial score (nSPS) is 9.93. The summed E-state index contributed by atoms with van der Waals surface area (Å²) in [5, 5.41) is 0. The highest BCUT2D eigenvalue weighted by atomic mass is 79.9. The van der Waals surface area contributed by atoms with Gasteiger partial charge in [0.1, 0.15) is 5.82 Å². The van der Waals surface area contributed by atoms with E-state index in [1.165, 1.54) is 4.90 Å². The van der Waals surface area contributed by atoms with E-state index in [2.05, 4.69) is 33.5 Å². The number of pyridine rings is 1. The third kappa shape index (κ3) is 2.72. The number of anilines is 1. The molecule has 0 aliphatic heterocycles. The summed E-state index contributed by atoms with van der Waals surface area (Å²) in [6, 6.07) is 3.68. The van der Waals surface area contributed by atoms with Gasteiger partial charge in [0.15, 0.2) is 0 Å². The van der Waals surface area contributed by atoms with Crippen molar-refractivity contribution in [2.24, 2.45) is 0 Å². The maximum atomic E-state index is 10.7. The third-order valence-electron chi connectivity index (χ3n) is 1.77. The van der Waals surface area contributed by atoms with E-state index in [9.17, 15) is 4.79 Å². The van der Waals surface area contributed by atoms with Crippen LogP contribution in [0.3, 0.4) is 0 Å². The summed E-state index contributed by atoms with van der Waals surface area (Å²) in [5.74, 6) is 1.28. The summed E-state index contributed by atoms with van der Waals surface area (Å²) in [7, 11) is 0. The van der Waals surface area contributed by atoms with Gasteiger partial charge >= 0.3 is 0 Å². The van der Waals surface area contributed by atoms with E-state index in [0.717, 1.165) is 16.6 Å². The van der Waals surface area contributed by atoms with Crippen molar-refractivity contribution in [3.05, 3.63) is 22.3 Å². The highest BCUT2D eigenvalue weighted by Gasteiger charge is 2.06. The first kappa shape index (κ1) is 11.5. The molecule has 1 heterocycles. The Morgan fingerprint density at radius 2 is 2.36 bits per heavy atom. The molecule has 14 heavy (non-hydrogen) atoms. The van der Waals surface area contributed by atoms with Crippen LogP contribution in [0.15, 0.2) is 16.6 Å². The van der Waals surface area contributed by atoms with Gasteiger partial charge in [0.25, 0.3) is 0 Å². The van der Waals surface area contributed by atoms with Gasteiger partial charge in [-0.3, -0.25) is 9.69 Å². The van der Waals surface area contributed by atoms with Crippen LogP contribution in [-0.4, -0.2) is 23.7 Å². The standard InChI is InChI=1S/C9H11BrN2OS/c1-7-8(10)2-3-9(11-7)12(6-13)4-5-14/h2-3,6,14H,4-5H2,1H3. The lowest BCUT2D eigenvalue weighted by molar-refractivity contribution is -0.107. The first-order valence-electron chi connectivity index (χ1n) is 4.15. The minimum atomic E-state index is 0.570. The SMILES string of the molecule is Cc1nc(N(C=O)CCS)ccc1Br. The van der Waals surface area contributed by atoms with E-state index in [4.69, 9.17) is 0 Å². The molecule has 5 heteroatoms. The van der Waals surface area contributed by atoms with Crippen LogP contribution in [0.2, 0.25) is 0 Å². The van der Waals surface area contributed by atoms with Crippen LogP contribution in [0.4, 0.5) is 5.82 Å². The Morgan fingerprint density at radius 1 is 1.64 bits per heavy atom. The minimum absolute atomic E-state index is 0.570. The van der Waals surface area contributed by atoms with E-state index in [1.807, 2.05) is 13.0 Å². The lowest BCUT2D eigenvalue weighted by atomic mass is 10.3. The quantitative estimate of drug-likeness (QED) is 0.674. The van der Waals surface area contributed by atoms with E-state index in [1.54, 1.807) is 6.07 Å². The Hall–Kier alpha value is -0.550. The van der Waals surface area contributed by atoms with Crippen LogP contribution in [0.5, 0.6) is 0 Å². The molecule has 0 spiro atoms. The fourth-order valence-electron chi connectivity index (χ4n) is 1.02. The molecule has 0 atom stereocenters. The molecule has 0 fully saturated rings. The molecule has 0 saturated carbocycles. The van der Waals surface area contributed by atoms with Crippen molar-refractivity contribution in [3.8, 4) is 0 Å². The van der Waals surface area contributed by atoms with E-state index >= 15 is 0 Å². The van der Waals surface area contributed by atoms with Crippen molar-refractivity contribution >= 4 is 40.8 Å². The predicted octanol–water partition coefficient (Wildman–Crippen LogP) is 2.05. The number of amides is 1. The molecule has 0 aliphatic rings. The van der Waals surface area contributed by atoms with Crippen LogP contribution < -0.4 is 4.90 Å². The molecule has 3 nitrogen and oxygen atoms in total. The van der Waals surface area contributed by atoms with E-state index < -0.39 is 0 Å². The Bertz CT molecular complexity index is 333. The number of hydrogen-bond donors (Lipinski definition) is 1. The second kappa shape index (κ2) is 5.36. The van der Waals surface area contributed by atoms with Crippen LogP contribution >= 0.6 is 28.6 Å². The second-order valence-corrected chi connectivity index (χ2v) is 4.06. The first-order valence-corrected chi connectivity index (χ1v) is 5.57. The van der Waals surface area contributed by atoms with Crippen molar-refractivity contribution < 1.29 is 4.79 Å². The van der Waals surface area contributed by atoms with Gasteiger partial charge in [-0.1, -0.05) is 0 Å². The van der Waals surface area contributed by atoms with Gasteiger partial charge < -0.3 is 0 Å². The molecular formula is C9H11BrN2OS. The summed E-state index contributed by atoms with van der Waals surface area (Å²) in [4.78, 5) is 16.5. The zero-order valence-electron chi connectivity index (χ0n) is 7.77. The Labute approximate surface area is 97.1 Å². The maximum absolute atomic E-state index is 10.7. The highest BCUT2D eigenvalue weighted by molar-refractivity contribution is 9.10. The zero-order chi connectivity index (χ0) is 10.6. The monoisotopic (exact) mass is 274 g/mol. The molecule has 1 aromatic rings. The summed E-state index contributed by atoms with van der Waals surface area (Å²) >= 11 is 7.43. The van der Waals surface area contributed by atoms with E-state index in [-0.39, 0.29) is 0 Å². The molecule has 1 rings (SSSR count). The summed E-state index contributed by atoms with van der Waals surface area (Å²) in [6.45, 7) is 2.46.